The number of hydrogen-bond donors (Lipinski definition) is 1. The van der Waals surface area contributed by atoms with Crippen LogP contribution in [0.5, 0.6) is 0 Å². The summed E-state index contributed by atoms with van der Waals surface area (Å²) in [6, 6.07) is 2.23. The monoisotopic (exact) mass is 247 g/mol. The second-order valence-corrected chi connectivity index (χ2v) is 5.27. The van der Waals surface area contributed by atoms with Gasteiger partial charge in [-0.3, -0.25) is 9.78 Å². The number of hydrogen-bond acceptors (Lipinski definition) is 3. The van der Waals surface area contributed by atoms with Crippen LogP contribution in [0.4, 0.5) is 5.69 Å². The lowest BCUT2D eigenvalue weighted by atomic mass is 10.1. The van der Waals surface area contributed by atoms with Crippen LogP contribution >= 0.6 is 0 Å². The third kappa shape index (κ3) is 2.33. The molecular formula is C14H21N3O. The summed E-state index contributed by atoms with van der Waals surface area (Å²) in [5.41, 5.74) is 2.45. The van der Waals surface area contributed by atoms with Crippen molar-refractivity contribution in [1.82, 2.24) is 9.88 Å². The molecule has 1 aliphatic rings. The van der Waals surface area contributed by atoms with Crippen molar-refractivity contribution in [3.05, 3.63) is 23.5 Å². The fraction of sp³-hybridized carbons (Fsp3) is 0.571. The van der Waals surface area contributed by atoms with E-state index in [9.17, 15) is 4.79 Å². The molecule has 2 heterocycles. The van der Waals surface area contributed by atoms with Gasteiger partial charge in [-0.1, -0.05) is 6.92 Å². The summed E-state index contributed by atoms with van der Waals surface area (Å²) >= 11 is 0. The van der Waals surface area contributed by atoms with Gasteiger partial charge >= 0.3 is 0 Å². The molecule has 0 aliphatic carbocycles. The van der Waals surface area contributed by atoms with Gasteiger partial charge in [0.15, 0.2) is 0 Å². The molecule has 2 atom stereocenters. The molecule has 2 unspecified atom stereocenters. The number of likely N-dealkylation sites (tertiary alicyclic amines) is 1. The average Bonchev–Trinajstić information content (AvgIpc) is 2.67. The molecule has 0 bridgehead atoms. The van der Waals surface area contributed by atoms with Gasteiger partial charge in [-0.2, -0.15) is 0 Å². The smallest absolute Gasteiger partial charge is 0.257 e. The Balaban J connectivity index is 2.29. The first-order valence-corrected chi connectivity index (χ1v) is 6.48. The van der Waals surface area contributed by atoms with E-state index in [2.05, 4.69) is 24.1 Å². The highest BCUT2D eigenvalue weighted by Gasteiger charge is 2.31. The van der Waals surface area contributed by atoms with Crippen LogP contribution in [0.2, 0.25) is 0 Å². The van der Waals surface area contributed by atoms with Crippen molar-refractivity contribution in [2.75, 3.05) is 18.9 Å². The molecule has 1 fully saturated rings. The zero-order valence-corrected chi connectivity index (χ0v) is 11.5. The first-order valence-electron chi connectivity index (χ1n) is 6.48. The number of aryl methyl sites for hydroxylation is 1. The van der Waals surface area contributed by atoms with Gasteiger partial charge in [0.25, 0.3) is 5.91 Å². The second kappa shape index (κ2) is 4.96. The van der Waals surface area contributed by atoms with Gasteiger partial charge in [0.1, 0.15) is 0 Å². The van der Waals surface area contributed by atoms with Crippen LogP contribution in [0.25, 0.3) is 0 Å². The second-order valence-electron chi connectivity index (χ2n) is 5.27. The molecule has 0 radical (unpaired) electrons. The zero-order valence-electron chi connectivity index (χ0n) is 11.5. The molecule has 1 aromatic rings. The summed E-state index contributed by atoms with van der Waals surface area (Å²) in [5, 5.41) is 3.08. The Morgan fingerprint density at radius 2 is 2.22 bits per heavy atom. The van der Waals surface area contributed by atoms with E-state index in [1.165, 1.54) is 0 Å². The molecule has 98 valence electrons. The lowest BCUT2D eigenvalue weighted by Crippen LogP contribution is -2.34. The Kier molecular flexibility index (Phi) is 3.55. The van der Waals surface area contributed by atoms with Crippen molar-refractivity contribution in [3.63, 3.8) is 0 Å². The Morgan fingerprint density at radius 3 is 2.78 bits per heavy atom. The van der Waals surface area contributed by atoms with E-state index in [1.807, 2.05) is 24.9 Å². The van der Waals surface area contributed by atoms with Crippen molar-refractivity contribution in [3.8, 4) is 0 Å². The summed E-state index contributed by atoms with van der Waals surface area (Å²) in [6.07, 6.45) is 2.76. The summed E-state index contributed by atoms with van der Waals surface area (Å²) in [4.78, 5) is 18.7. The van der Waals surface area contributed by atoms with Crippen LogP contribution in [0.3, 0.4) is 0 Å². The Labute approximate surface area is 108 Å². The van der Waals surface area contributed by atoms with Gasteiger partial charge < -0.3 is 10.2 Å². The fourth-order valence-electron chi connectivity index (χ4n) is 2.67. The number of nitrogens with one attached hydrogen (secondary N) is 1. The summed E-state index contributed by atoms with van der Waals surface area (Å²) < 4.78 is 0. The standard InChI is InChI=1S/C14H21N3O/c1-9-5-11(3)17(8-9)14(18)12-7-16-10(2)6-13(12)15-4/h6-7,9,11H,5,8H2,1-4H3,(H,15,16). The molecule has 4 nitrogen and oxygen atoms in total. The molecule has 0 spiro atoms. The molecule has 18 heavy (non-hydrogen) atoms. The van der Waals surface area contributed by atoms with Crippen LogP contribution < -0.4 is 5.32 Å². The van der Waals surface area contributed by atoms with Crippen LogP contribution in [-0.2, 0) is 0 Å². The minimum absolute atomic E-state index is 0.0868. The van der Waals surface area contributed by atoms with Gasteiger partial charge in [0, 0.05) is 31.5 Å². The topological polar surface area (TPSA) is 45.2 Å². The lowest BCUT2D eigenvalue weighted by Gasteiger charge is -2.22. The lowest BCUT2D eigenvalue weighted by molar-refractivity contribution is 0.0744. The number of nitrogens with zero attached hydrogens (tertiary/aromatic N) is 2. The van der Waals surface area contributed by atoms with Gasteiger partial charge in [0.2, 0.25) is 0 Å². The van der Waals surface area contributed by atoms with Crippen LogP contribution in [0.1, 0.15) is 36.3 Å². The van der Waals surface area contributed by atoms with Gasteiger partial charge in [-0.15, -0.1) is 0 Å². The number of pyridine rings is 1. The Morgan fingerprint density at radius 1 is 1.50 bits per heavy atom. The number of amides is 1. The van der Waals surface area contributed by atoms with Crippen molar-refractivity contribution in [1.29, 1.82) is 0 Å². The van der Waals surface area contributed by atoms with Gasteiger partial charge in [-0.25, -0.2) is 0 Å². The maximum atomic E-state index is 12.5. The maximum Gasteiger partial charge on any atom is 0.257 e. The maximum absolute atomic E-state index is 12.5. The third-order valence-electron chi connectivity index (χ3n) is 3.59. The SMILES string of the molecule is CNc1cc(C)ncc1C(=O)N1CC(C)CC1C. The van der Waals surface area contributed by atoms with Crippen LogP contribution in [0.15, 0.2) is 12.3 Å². The van der Waals surface area contributed by atoms with E-state index >= 15 is 0 Å². The number of anilines is 1. The van der Waals surface area contributed by atoms with E-state index in [4.69, 9.17) is 0 Å². The number of carbonyl (C=O) groups is 1. The van der Waals surface area contributed by atoms with E-state index in [-0.39, 0.29) is 5.91 Å². The van der Waals surface area contributed by atoms with Crippen molar-refractivity contribution in [2.24, 2.45) is 5.92 Å². The largest absolute Gasteiger partial charge is 0.387 e. The first-order chi connectivity index (χ1) is 8.52. The quantitative estimate of drug-likeness (QED) is 0.872. The number of carbonyl (C=O) groups excluding carboxylic acids is 1. The van der Waals surface area contributed by atoms with Gasteiger partial charge in [0.05, 0.1) is 11.3 Å². The molecule has 1 aliphatic heterocycles. The Hall–Kier alpha value is -1.58. The van der Waals surface area contributed by atoms with Crippen LogP contribution in [0, 0.1) is 12.8 Å². The Bertz CT molecular complexity index is 458. The van der Waals surface area contributed by atoms with E-state index in [1.54, 1.807) is 6.20 Å². The zero-order chi connectivity index (χ0) is 13.3. The van der Waals surface area contributed by atoms with E-state index in [0.717, 1.165) is 24.3 Å². The molecule has 1 N–H and O–H groups in total. The van der Waals surface area contributed by atoms with Gasteiger partial charge in [-0.05, 0) is 32.3 Å². The predicted molar refractivity (Wildman–Crippen MR) is 72.8 cm³/mol. The molecule has 1 aromatic heterocycles. The highest BCUT2D eigenvalue weighted by molar-refractivity contribution is 5.99. The predicted octanol–water partition coefficient (Wildman–Crippen LogP) is 2.30. The molecule has 4 heteroatoms. The average molecular weight is 247 g/mol. The molecule has 0 saturated carbocycles. The van der Waals surface area contributed by atoms with Crippen LogP contribution in [-0.4, -0.2) is 35.4 Å². The molecule has 0 aromatic carbocycles. The highest BCUT2D eigenvalue weighted by Crippen LogP contribution is 2.26. The van der Waals surface area contributed by atoms with Crippen molar-refractivity contribution < 1.29 is 4.79 Å². The normalized spacial score (nSPS) is 23.2. The van der Waals surface area contributed by atoms with Crippen molar-refractivity contribution in [2.45, 2.75) is 33.2 Å². The molecule has 1 amide bonds. The number of rotatable bonds is 2. The van der Waals surface area contributed by atoms with Crippen molar-refractivity contribution >= 4 is 11.6 Å². The summed E-state index contributed by atoms with van der Waals surface area (Å²) in [6.45, 7) is 7.07. The minimum Gasteiger partial charge on any atom is -0.387 e. The first kappa shape index (κ1) is 12.9. The third-order valence-corrected chi connectivity index (χ3v) is 3.59. The highest BCUT2D eigenvalue weighted by atomic mass is 16.2. The molecule has 2 rings (SSSR count). The van der Waals surface area contributed by atoms with E-state index in [0.29, 0.717) is 17.5 Å². The van der Waals surface area contributed by atoms with E-state index < -0.39 is 0 Å². The summed E-state index contributed by atoms with van der Waals surface area (Å²) in [5.74, 6) is 0.670. The minimum atomic E-state index is 0.0868. The molecular weight excluding hydrogens is 226 g/mol. The fourth-order valence-corrected chi connectivity index (χ4v) is 2.67. The summed E-state index contributed by atoms with van der Waals surface area (Å²) in [7, 11) is 1.83. The molecule has 1 saturated heterocycles. The number of aromatic nitrogens is 1.